The van der Waals surface area contributed by atoms with E-state index in [2.05, 4.69) is 28.0 Å². The third kappa shape index (κ3) is 3.24. The third-order valence-corrected chi connectivity index (χ3v) is 7.59. The van der Waals surface area contributed by atoms with Crippen LogP contribution in [0.4, 0.5) is 5.82 Å². The highest BCUT2D eigenvalue weighted by Crippen LogP contribution is 2.35. The van der Waals surface area contributed by atoms with Crippen LogP contribution in [-0.2, 0) is 6.54 Å². The van der Waals surface area contributed by atoms with Gasteiger partial charge < -0.3 is 9.80 Å². The van der Waals surface area contributed by atoms with Gasteiger partial charge in [-0.3, -0.25) is 9.36 Å². The molecule has 0 N–H and O–H groups in total. The van der Waals surface area contributed by atoms with E-state index in [0.717, 1.165) is 59.8 Å². The number of fused-ring (bicyclic) bond motifs is 5. The topological polar surface area (TPSA) is 71.6 Å². The smallest absolute Gasteiger partial charge is 0.262 e. The van der Waals surface area contributed by atoms with Crippen LogP contribution in [0.2, 0.25) is 0 Å². The quantitative estimate of drug-likeness (QED) is 0.408. The average Bonchev–Trinajstić information content (AvgIpc) is 3.53. The minimum absolute atomic E-state index is 0.0509. The van der Waals surface area contributed by atoms with Crippen molar-refractivity contribution in [2.24, 2.45) is 11.8 Å². The van der Waals surface area contributed by atoms with Crippen LogP contribution in [-0.4, -0.2) is 62.3 Å². The minimum atomic E-state index is -0.0509. The lowest BCUT2D eigenvalue weighted by Crippen LogP contribution is -2.28. The van der Waals surface area contributed by atoms with Crippen LogP contribution in [0.3, 0.4) is 0 Å². The number of benzene rings is 2. The Labute approximate surface area is 202 Å². The molecule has 8 heteroatoms. The largest absolute Gasteiger partial charge is 0.355 e. The van der Waals surface area contributed by atoms with E-state index in [1.54, 1.807) is 4.57 Å². The lowest BCUT2D eigenvalue weighted by molar-refractivity contribution is 0.387. The zero-order chi connectivity index (χ0) is 23.7. The first-order valence-electron chi connectivity index (χ1n) is 12.2. The first-order valence-corrected chi connectivity index (χ1v) is 12.2. The van der Waals surface area contributed by atoms with Gasteiger partial charge >= 0.3 is 0 Å². The van der Waals surface area contributed by atoms with Crippen molar-refractivity contribution in [3.8, 4) is 0 Å². The molecule has 0 saturated carbocycles. The summed E-state index contributed by atoms with van der Waals surface area (Å²) in [4.78, 5) is 28.4. The van der Waals surface area contributed by atoms with Crippen LogP contribution in [0, 0.1) is 18.8 Å². The van der Waals surface area contributed by atoms with E-state index in [1.807, 2.05) is 60.0 Å². The summed E-state index contributed by atoms with van der Waals surface area (Å²) in [5.74, 6) is 2.98. The molecule has 35 heavy (non-hydrogen) atoms. The number of hydrogen-bond acceptors (Lipinski definition) is 6. The van der Waals surface area contributed by atoms with Crippen molar-refractivity contribution in [1.29, 1.82) is 0 Å². The Morgan fingerprint density at radius 1 is 0.914 bits per heavy atom. The Balaban J connectivity index is 1.36. The number of aryl methyl sites for hydroxylation is 1. The summed E-state index contributed by atoms with van der Waals surface area (Å²) in [6, 6.07) is 17.8. The van der Waals surface area contributed by atoms with Crippen molar-refractivity contribution < 1.29 is 0 Å². The first-order chi connectivity index (χ1) is 17.0. The predicted octanol–water partition coefficient (Wildman–Crippen LogP) is 2.95. The number of hydrogen-bond donors (Lipinski definition) is 0. The maximum absolute atomic E-state index is 13.6. The molecule has 2 atom stereocenters. The van der Waals surface area contributed by atoms with Gasteiger partial charge in [0.1, 0.15) is 11.5 Å². The summed E-state index contributed by atoms with van der Waals surface area (Å²) in [6.07, 6.45) is 0. The van der Waals surface area contributed by atoms with Gasteiger partial charge in [-0.25, -0.2) is 14.5 Å². The molecule has 0 spiro atoms. The molecule has 2 aliphatic heterocycles. The van der Waals surface area contributed by atoms with Gasteiger partial charge in [-0.2, -0.15) is 5.10 Å². The maximum atomic E-state index is 13.6. The van der Waals surface area contributed by atoms with Crippen LogP contribution in [0.25, 0.3) is 27.5 Å². The van der Waals surface area contributed by atoms with Crippen LogP contribution < -0.4 is 10.5 Å². The average molecular weight is 466 g/mol. The number of likely N-dealkylation sites (tertiary alicyclic amines) is 1. The fraction of sp³-hybridized carbons (Fsp3) is 0.333. The summed E-state index contributed by atoms with van der Waals surface area (Å²) in [7, 11) is 2.21. The molecular formula is C27H27N7O. The highest BCUT2D eigenvalue weighted by atomic mass is 16.1. The normalized spacial score (nSPS) is 20.5. The van der Waals surface area contributed by atoms with Crippen LogP contribution >= 0.6 is 0 Å². The fourth-order valence-electron chi connectivity index (χ4n) is 6.06. The van der Waals surface area contributed by atoms with Crippen LogP contribution in [0.1, 0.15) is 11.5 Å². The van der Waals surface area contributed by atoms with E-state index in [-0.39, 0.29) is 5.56 Å². The zero-order valence-electron chi connectivity index (χ0n) is 19.9. The summed E-state index contributed by atoms with van der Waals surface area (Å²) in [5.41, 5.74) is 3.29. The molecule has 2 saturated heterocycles. The number of rotatable bonds is 3. The lowest BCUT2D eigenvalue weighted by Gasteiger charge is -2.22. The molecule has 0 amide bonds. The van der Waals surface area contributed by atoms with Gasteiger partial charge in [0.05, 0.1) is 28.7 Å². The van der Waals surface area contributed by atoms with E-state index in [1.165, 1.54) is 0 Å². The Hall–Kier alpha value is -3.78. The fourth-order valence-corrected chi connectivity index (χ4v) is 6.06. The molecule has 0 radical (unpaired) electrons. The number of anilines is 1. The van der Waals surface area contributed by atoms with Crippen molar-refractivity contribution in [1.82, 2.24) is 29.0 Å². The van der Waals surface area contributed by atoms with E-state index < -0.39 is 0 Å². The van der Waals surface area contributed by atoms with E-state index >= 15 is 0 Å². The van der Waals surface area contributed by atoms with Gasteiger partial charge in [0, 0.05) is 37.6 Å². The van der Waals surface area contributed by atoms with Gasteiger partial charge in [-0.05, 0) is 50.1 Å². The van der Waals surface area contributed by atoms with Crippen molar-refractivity contribution in [2.45, 2.75) is 13.5 Å². The summed E-state index contributed by atoms with van der Waals surface area (Å²) < 4.78 is 3.61. The number of para-hydroxylation sites is 2. The molecule has 7 rings (SSSR count). The van der Waals surface area contributed by atoms with Crippen molar-refractivity contribution in [3.63, 3.8) is 0 Å². The minimum Gasteiger partial charge on any atom is -0.355 e. The second kappa shape index (κ2) is 7.61. The molecule has 2 aromatic carbocycles. The van der Waals surface area contributed by atoms with Crippen molar-refractivity contribution in [2.75, 3.05) is 38.1 Å². The monoisotopic (exact) mass is 465 g/mol. The second-order valence-corrected chi connectivity index (χ2v) is 10.1. The van der Waals surface area contributed by atoms with Gasteiger partial charge in [0.2, 0.25) is 0 Å². The molecule has 176 valence electrons. The molecule has 0 aliphatic carbocycles. The number of aromatic nitrogens is 5. The Morgan fingerprint density at radius 2 is 1.63 bits per heavy atom. The summed E-state index contributed by atoms with van der Waals surface area (Å²) in [5, 5.41) is 6.37. The van der Waals surface area contributed by atoms with Crippen LogP contribution in [0.5, 0.6) is 0 Å². The summed E-state index contributed by atoms with van der Waals surface area (Å²) in [6.45, 7) is 6.54. The Morgan fingerprint density at radius 3 is 2.43 bits per heavy atom. The van der Waals surface area contributed by atoms with Crippen molar-refractivity contribution in [3.05, 3.63) is 76.5 Å². The van der Waals surface area contributed by atoms with Gasteiger partial charge in [-0.15, -0.1) is 0 Å². The third-order valence-electron chi connectivity index (χ3n) is 7.59. The predicted molar refractivity (Wildman–Crippen MR) is 137 cm³/mol. The molecule has 8 nitrogen and oxygen atoms in total. The van der Waals surface area contributed by atoms with Crippen molar-refractivity contribution >= 4 is 33.3 Å². The van der Waals surface area contributed by atoms with Gasteiger partial charge in [0.25, 0.3) is 5.56 Å². The second-order valence-electron chi connectivity index (χ2n) is 10.1. The molecule has 5 aromatic rings. The first kappa shape index (κ1) is 20.6. The Bertz CT molecular complexity index is 1660. The molecule has 3 aromatic heterocycles. The van der Waals surface area contributed by atoms with Gasteiger partial charge in [-0.1, -0.05) is 24.3 Å². The molecule has 2 aliphatic rings. The molecule has 5 heterocycles. The standard InChI is InChI=1S/C27H27N7O/c1-17-11-25-33(27(35)21-8-4-6-10-23(21)34(25)30-17)16-24-28-22-9-5-3-7-20(22)26(29-24)32-14-18-12-31(2)13-19(18)15-32/h3-11,18-19H,12-16H2,1-2H3. The van der Waals surface area contributed by atoms with E-state index in [4.69, 9.17) is 9.97 Å². The van der Waals surface area contributed by atoms with E-state index in [0.29, 0.717) is 29.6 Å². The SMILES string of the molecule is Cc1cc2n(Cc3nc(N4CC5CN(C)CC5C4)c4ccccc4n3)c(=O)c3ccccc3n2n1. The molecule has 2 fully saturated rings. The zero-order valence-corrected chi connectivity index (χ0v) is 19.9. The lowest BCUT2D eigenvalue weighted by atomic mass is 10.0. The van der Waals surface area contributed by atoms with E-state index in [9.17, 15) is 4.79 Å². The highest BCUT2D eigenvalue weighted by Gasteiger charge is 2.39. The Kier molecular flexibility index (Phi) is 4.48. The van der Waals surface area contributed by atoms with Crippen LogP contribution in [0.15, 0.2) is 59.4 Å². The molecule has 0 bridgehead atoms. The summed E-state index contributed by atoms with van der Waals surface area (Å²) >= 11 is 0. The highest BCUT2D eigenvalue weighted by molar-refractivity contribution is 5.89. The molecular weight excluding hydrogens is 438 g/mol. The molecule has 2 unspecified atom stereocenters. The van der Waals surface area contributed by atoms with Gasteiger partial charge in [0.15, 0.2) is 5.82 Å². The number of nitrogens with zero attached hydrogens (tertiary/aromatic N) is 7. The maximum Gasteiger partial charge on any atom is 0.262 e.